The average molecular weight is 1880 g/mol. The Labute approximate surface area is 842 Å². The number of fused-ring (bicyclic) bond motifs is 20. The number of rotatable bonds is 13. The first-order chi connectivity index (χ1) is 70.7. The molecule has 17 aliphatic carbocycles. The molecule has 11 heteroatoms. The molecule has 2 unspecified atom stereocenters. The minimum atomic E-state index is -0.302. The van der Waals surface area contributed by atoms with E-state index in [-0.39, 0.29) is 32.5 Å². The fourth-order valence-electron chi connectivity index (χ4n) is 36.8. The first kappa shape index (κ1) is 81.9. The molecule has 144 heavy (non-hydrogen) atoms. The highest BCUT2D eigenvalue weighted by Gasteiger charge is 2.63. The Hall–Kier alpha value is -13.5. The molecule has 16 fully saturated rings. The van der Waals surface area contributed by atoms with Crippen LogP contribution in [0.5, 0.6) is 0 Å². The second kappa shape index (κ2) is 29.2. The summed E-state index contributed by atoms with van der Waals surface area (Å²) in [5, 5.41) is 12.9. The molecule has 14 aromatic carbocycles. The molecule has 0 amide bonds. The Morgan fingerprint density at radius 2 is 0.590 bits per heavy atom. The van der Waals surface area contributed by atoms with E-state index in [2.05, 4.69) is 329 Å². The molecule has 17 aliphatic rings. The van der Waals surface area contributed by atoms with Gasteiger partial charge in [-0.2, -0.15) is 0 Å². The summed E-state index contributed by atoms with van der Waals surface area (Å²) in [6, 6.07) is 115. The van der Waals surface area contributed by atoms with E-state index in [1.165, 1.54) is 255 Å². The zero-order chi connectivity index (χ0) is 93.9. The molecule has 702 valence electrons. The zero-order valence-electron chi connectivity index (χ0n) is 82.0. The van der Waals surface area contributed by atoms with Crippen molar-refractivity contribution in [3.63, 3.8) is 0 Å². The lowest BCUT2D eigenvalue weighted by molar-refractivity contribution is -0.0333. The largest absolute Gasteiger partial charge is 0.309 e. The molecule has 16 bridgehead atoms. The van der Waals surface area contributed by atoms with E-state index in [9.17, 15) is 0 Å². The van der Waals surface area contributed by atoms with Crippen LogP contribution in [0.1, 0.15) is 208 Å². The second-order valence-corrected chi connectivity index (χ2v) is 50.4. The second-order valence-electron chi connectivity index (χ2n) is 49.4. The van der Waals surface area contributed by atoms with Crippen LogP contribution in [0.25, 0.3) is 186 Å². The molecule has 16 saturated carbocycles. The van der Waals surface area contributed by atoms with Crippen LogP contribution >= 0.6 is 11.3 Å². The summed E-state index contributed by atoms with van der Waals surface area (Å²) in [5.41, 5.74) is 27.1. The van der Waals surface area contributed by atoms with E-state index >= 15 is 0 Å². The molecule has 0 spiro atoms. The molecule has 21 aromatic rings. The van der Waals surface area contributed by atoms with Gasteiger partial charge in [-0.3, -0.25) is 0 Å². The van der Waals surface area contributed by atoms with Crippen molar-refractivity contribution < 1.29 is 0 Å². The van der Waals surface area contributed by atoms with Crippen molar-refractivity contribution in [2.45, 2.75) is 200 Å². The Morgan fingerprint density at radius 3 is 1.08 bits per heavy atom. The van der Waals surface area contributed by atoms with E-state index in [1.807, 2.05) is 11.3 Å². The van der Waals surface area contributed by atoms with Gasteiger partial charge in [-0.15, -0.1) is 11.3 Å². The highest BCUT2D eigenvalue weighted by Crippen LogP contribution is 2.70. The van der Waals surface area contributed by atoms with Gasteiger partial charge in [0.25, 0.3) is 0 Å². The highest BCUT2D eigenvalue weighted by atomic mass is 32.1. The third-order valence-electron chi connectivity index (χ3n) is 40.6. The average Bonchev–Trinajstić information content (AvgIpc) is 1.18. The van der Waals surface area contributed by atoms with E-state index in [0.717, 1.165) is 161 Å². The van der Waals surface area contributed by atoms with Crippen molar-refractivity contribution in [3.05, 3.63) is 337 Å². The van der Waals surface area contributed by atoms with Crippen molar-refractivity contribution in [3.8, 4) is 78.9 Å². The van der Waals surface area contributed by atoms with Gasteiger partial charge in [0.05, 0.1) is 66.9 Å². The van der Waals surface area contributed by atoms with E-state index < -0.39 is 0 Å². The van der Waals surface area contributed by atoms with Gasteiger partial charge in [-0.05, 0) is 355 Å². The number of benzene rings is 14. The maximum Gasteiger partial charge on any atom is 0.165 e. The lowest BCUT2D eigenvalue weighted by Crippen LogP contribution is -2.56. The molecule has 0 aliphatic heterocycles. The molecular formula is C133H114N10S. The summed E-state index contributed by atoms with van der Waals surface area (Å²) in [5.74, 6) is 13.6. The molecule has 0 saturated heterocycles. The number of thiophene rings is 1. The fraction of sp³-hybridized carbons (Fsp3) is 0.323. The molecule has 0 radical (unpaired) electrons. The summed E-state index contributed by atoms with van der Waals surface area (Å²) >= 11 is 1.93. The lowest BCUT2D eigenvalue weighted by Gasteiger charge is -2.62. The lowest BCUT2D eigenvalue weighted by atomic mass is 9.42. The van der Waals surface area contributed by atoms with Crippen molar-refractivity contribution >= 4 is 119 Å². The van der Waals surface area contributed by atoms with E-state index in [0.29, 0.717) is 29.6 Å². The third kappa shape index (κ3) is 11.4. The van der Waals surface area contributed by atoms with Crippen molar-refractivity contribution in [1.29, 1.82) is 0 Å². The Morgan fingerprint density at radius 1 is 0.243 bits per heavy atom. The molecular weight excluding hydrogens is 1770 g/mol. The quantitative estimate of drug-likeness (QED) is 0.114. The molecule has 2 atom stereocenters. The van der Waals surface area contributed by atoms with Gasteiger partial charge in [-0.1, -0.05) is 220 Å². The monoisotopic (exact) mass is 1880 g/mol. The minimum Gasteiger partial charge on any atom is -0.309 e. The topological polar surface area (TPSA) is 97.1 Å². The first-order valence-corrected chi connectivity index (χ1v) is 55.6. The Bertz CT molecular complexity index is 8980. The molecule has 38 rings (SSSR count). The predicted molar refractivity (Wildman–Crippen MR) is 587 cm³/mol. The number of hydrogen-bond acceptors (Lipinski definition) is 7. The SMILES string of the molecule is CC1(C)c2ccccc2-c2ccc3c(c21)c1ccccc1n3-c1ccc(-c2ccccc2-n2c3ccccc3c3ccc(C45CC6CC(C4)CC(c4nc(-c7cc(-c8ccccc8-n8c9ccccc9c9ccccc98)ccc7-n7c8ccccc8c8c9sc%10ccccc%10c9ccc87)nc(C78CC9CC(CC(C9)C7)C8)n4)(C6)C5)cc32)cc1-c1nc(C23CC4CC(CC(C4)C2)C3)nc(C23CC4CC(CC(C4)C2)C3)n1. The van der Waals surface area contributed by atoms with Crippen LogP contribution in [0, 0.1) is 65.1 Å². The summed E-state index contributed by atoms with van der Waals surface area (Å²) in [6.07, 6.45) is 29.7. The van der Waals surface area contributed by atoms with Crippen LogP contribution in [0.15, 0.2) is 297 Å². The fourth-order valence-corrected chi connectivity index (χ4v) is 38.0. The summed E-state index contributed by atoms with van der Waals surface area (Å²) < 4.78 is 13.1. The highest BCUT2D eigenvalue weighted by molar-refractivity contribution is 7.26. The standard InChI is InChI=1S/C133H114N10S/c1-128(2)104-30-12-3-23-92(104)98-43-47-114-118(120(98)128)100-28-9-18-36-110(100)141(114)112-45-39-88(60-102(112)122-134-124(129-62-76-49-77(63-129)51-78(50-76)64-129)138-125(135-122)130-65-79-52-80(66-130)54-81(53-79)67-130)91-22-5-14-32-106(91)143-109-35-17-8-26-95(109)96-42-41-89(61-116(96)143)132-71-85-58-86(72-132)74-133(73-85,75-132)127-137-123(136-126(139-127)131-68-82-55-83(69-131)57-84(56-82)70-131)103-59-87(90-21-4-13-31-105(90)140-107-33-15-6-24-93(107)94-25-7-16-34-108(94)140)40-46-113(103)142-111-37-19-10-29-101(111)119-115(142)48-44-99-97-27-11-20-38-117(97)144-121(99)119/h3-48,59-61,76-86H,49-58,62-75H2,1-2H3. The maximum absolute atomic E-state index is 6.44. The van der Waals surface area contributed by atoms with Gasteiger partial charge in [0, 0.05) is 113 Å². The van der Waals surface area contributed by atoms with E-state index in [1.54, 1.807) is 0 Å². The predicted octanol–water partition coefficient (Wildman–Crippen LogP) is 33.0. The Balaban J connectivity index is 0.560. The maximum atomic E-state index is 6.44. The summed E-state index contributed by atoms with van der Waals surface area (Å²) in [7, 11) is 0. The van der Waals surface area contributed by atoms with Gasteiger partial charge in [-0.25, -0.2) is 29.9 Å². The van der Waals surface area contributed by atoms with Crippen LogP contribution in [0.3, 0.4) is 0 Å². The van der Waals surface area contributed by atoms with Crippen LogP contribution in [0.4, 0.5) is 0 Å². The zero-order valence-corrected chi connectivity index (χ0v) is 82.8. The first-order valence-electron chi connectivity index (χ1n) is 54.8. The van der Waals surface area contributed by atoms with Crippen molar-refractivity contribution in [2.75, 3.05) is 0 Å². The van der Waals surface area contributed by atoms with Crippen LogP contribution < -0.4 is 0 Å². The van der Waals surface area contributed by atoms with Crippen LogP contribution in [-0.2, 0) is 32.5 Å². The molecule has 7 heterocycles. The minimum absolute atomic E-state index is 0.0450. The van der Waals surface area contributed by atoms with Crippen molar-refractivity contribution in [1.82, 2.24) is 48.2 Å². The molecule has 10 nitrogen and oxygen atoms in total. The number of para-hydroxylation sites is 7. The van der Waals surface area contributed by atoms with Crippen molar-refractivity contribution in [2.24, 2.45) is 65.1 Å². The summed E-state index contributed by atoms with van der Waals surface area (Å²) in [6.45, 7) is 4.93. The normalized spacial score (nSPS) is 28.4. The van der Waals surface area contributed by atoms with Gasteiger partial charge < -0.3 is 18.3 Å². The number of aromatic nitrogens is 10. The van der Waals surface area contributed by atoms with Gasteiger partial charge >= 0.3 is 0 Å². The number of nitrogens with zero attached hydrogens (tertiary/aromatic N) is 10. The van der Waals surface area contributed by atoms with Gasteiger partial charge in [0.1, 0.15) is 23.3 Å². The van der Waals surface area contributed by atoms with Gasteiger partial charge in [0.15, 0.2) is 11.6 Å². The van der Waals surface area contributed by atoms with Crippen LogP contribution in [-0.4, -0.2) is 48.2 Å². The van der Waals surface area contributed by atoms with Crippen LogP contribution in [0.2, 0.25) is 0 Å². The smallest absolute Gasteiger partial charge is 0.165 e. The molecule has 0 N–H and O–H groups in total. The Kier molecular flexibility index (Phi) is 16.6. The van der Waals surface area contributed by atoms with Gasteiger partial charge in [0.2, 0.25) is 0 Å². The number of hydrogen-bond donors (Lipinski definition) is 0. The molecule has 7 aromatic heterocycles. The van der Waals surface area contributed by atoms with E-state index in [4.69, 9.17) is 29.9 Å². The summed E-state index contributed by atoms with van der Waals surface area (Å²) in [4.78, 5) is 37.8. The third-order valence-corrected chi connectivity index (χ3v) is 41.8.